The van der Waals surface area contributed by atoms with Gasteiger partial charge in [0.25, 0.3) is 0 Å². The quantitative estimate of drug-likeness (QED) is 0.770. The van der Waals surface area contributed by atoms with Crippen molar-refractivity contribution in [2.45, 2.75) is 31.5 Å². The van der Waals surface area contributed by atoms with Crippen LogP contribution in [0, 0.1) is 11.7 Å². The molecule has 1 aromatic rings. The lowest BCUT2D eigenvalue weighted by atomic mass is 9.75. The normalized spacial score (nSPS) is 20.5. The standard InChI is InChI=1S/C16H20F4N2.2ClH/c17-13-6-2-5-12(16(18,19)20)14(13)15(11-3-1-4-11)22-9-7-21-8-10-22;;/h2,5-6,11,15,21H,1,3-4,7-10H2;2*1H/t15-;;/m0../s1. The Morgan fingerprint density at radius 1 is 1.08 bits per heavy atom. The molecule has 1 saturated carbocycles. The summed E-state index contributed by atoms with van der Waals surface area (Å²) in [4.78, 5) is 2.02. The van der Waals surface area contributed by atoms with Gasteiger partial charge in [0.2, 0.25) is 0 Å². The van der Waals surface area contributed by atoms with Crippen molar-refractivity contribution in [2.75, 3.05) is 26.2 Å². The second-order valence-electron chi connectivity index (χ2n) is 6.12. The molecule has 0 radical (unpaired) electrons. The number of hydrogen-bond acceptors (Lipinski definition) is 2. The maximum absolute atomic E-state index is 14.4. The van der Waals surface area contributed by atoms with E-state index < -0.39 is 23.6 Å². The summed E-state index contributed by atoms with van der Waals surface area (Å²) >= 11 is 0. The number of nitrogens with one attached hydrogen (secondary N) is 1. The Bertz CT molecular complexity index is 529. The number of halogens is 6. The third-order valence-electron chi connectivity index (χ3n) is 4.80. The van der Waals surface area contributed by atoms with Crippen LogP contribution in [-0.4, -0.2) is 31.1 Å². The Hall–Kier alpha value is -0.560. The lowest BCUT2D eigenvalue weighted by Gasteiger charge is -2.44. The SMILES string of the molecule is Cl.Cl.Fc1cccc(C(F)(F)F)c1[C@H](C1CCC1)N1CCNCC1. The molecular weight excluding hydrogens is 367 g/mol. The molecule has 0 spiro atoms. The second-order valence-corrected chi connectivity index (χ2v) is 6.12. The van der Waals surface area contributed by atoms with Crippen molar-refractivity contribution >= 4 is 24.8 Å². The lowest BCUT2D eigenvalue weighted by Crippen LogP contribution is -2.48. The highest BCUT2D eigenvalue weighted by Crippen LogP contribution is 2.46. The summed E-state index contributed by atoms with van der Waals surface area (Å²) in [7, 11) is 0. The van der Waals surface area contributed by atoms with Crippen LogP contribution >= 0.6 is 24.8 Å². The summed E-state index contributed by atoms with van der Waals surface area (Å²) in [6.45, 7) is 2.79. The fourth-order valence-corrected chi connectivity index (χ4v) is 3.52. The Morgan fingerprint density at radius 2 is 1.71 bits per heavy atom. The molecular formula is C16H22Cl2F4N2. The molecule has 1 heterocycles. The van der Waals surface area contributed by atoms with Gasteiger partial charge >= 0.3 is 6.18 Å². The first-order chi connectivity index (χ1) is 10.5. The van der Waals surface area contributed by atoms with Crippen LogP contribution in [0.2, 0.25) is 0 Å². The fourth-order valence-electron chi connectivity index (χ4n) is 3.52. The van der Waals surface area contributed by atoms with Gasteiger partial charge in [0, 0.05) is 37.8 Å². The second kappa shape index (κ2) is 8.70. The van der Waals surface area contributed by atoms with Crippen molar-refractivity contribution < 1.29 is 17.6 Å². The first-order valence-electron chi connectivity index (χ1n) is 7.79. The summed E-state index contributed by atoms with van der Waals surface area (Å²) in [5.74, 6) is -0.610. The minimum Gasteiger partial charge on any atom is -0.314 e. The average Bonchev–Trinajstić information content (AvgIpc) is 2.43. The Labute approximate surface area is 151 Å². The fraction of sp³-hybridized carbons (Fsp3) is 0.625. The van der Waals surface area contributed by atoms with Crippen LogP contribution in [0.15, 0.2) is 18.2 Å². The van der Waals surface area contributed by atoms with Crippen molar-refractivity contribution in [1.82, 2.24) is 10.2 Å². The molecule has 1 saturated heterocycles. The zero-order valence-corrected chi connectivity index (χ0v) is 14.7. The van der Waals surface area contributed by atoms with Gasteiger partial charge in [0.1, 0.15) is 5.82 Å². The number of alkyl halides is 3. The van der Waals surface area contributed by atoms with E-state index in [4.69, 9.17) is 0 Å². The van der Waals surface area contributed by atoms with E-state index in [2.05, 4.69) is 5.32 Å². The average molecular weight is 389 g/mol. The Morgan fingerprint density at radius 3 is 2.21 bits per heavy atom. The predicted octanol–water partition coefficient (Wildman–Crippen LogP) is 4.43. The van der Waals surface area contributed by atoms with Crippen molar-refractivity contribution in [1.29, 1.82) is 0 Å². The summed E-state index contributed by atoms with van der Waals surface area (Å²) in [6, 6.07) is 2.84. The molecule has 24 heavy (non-hydrogen) atoms. The van der Waals surface area contributed by atoms with Crippen molar-refractivity contribution in [2.24, 2.45) is 5.92 Å². The highest BCUT2D eigenvalue weighted by molar-refractivity contribution is 5.85. The van der Waals surface area contributed by atoms with E-state index in [0.717, 1.165) is 50.6 Å². The van der Waals surface area contributed by atoms with Crippen LogP contribution in [0.25, 0.3) is 0 Å². The summed E-state index contributed by atoms with van der Waals surface area (Å²) in [5.41, 5.74) is -0.968. The van der Waals surface area contributed by atoms with Crippen LogP contribution in [0.4, 0.5) is 17.6 Å². The van der Waals surface area contributed by atoms with Crippen LogP contribution < -0.4 is 5.32 Å². The maximum atomic E-state index is 14.4. The number of nitrogens with zero attached hydrogens (tertiary/aromatic N) is 1. The van der Waals surface area contributed by atoms with Crippen LogP contribution in [-0.2, 0) is 6.18 Å². The molecule has 1 aliphatic heterocycles. The van der Waals surface area contributed by atoms with E-state index >= 15 is 0 Å². The molecule has 1 aromatic carbocycles. The van der Waals surface area contributed by atoms with Gasteiger partial charge in [-0.05, 0) is 30.9 Å². The smallest absolute Gasteiger partial charge is 0.314 e. The van der Waals surface area contributed by atoms with E-state index in [0.29, 0.717) is 13.1 Å². The van der Waals surface area contributed by atoms with Crippen LogP contribution in [0.1, 0.15) is 36.4 Å². The molecule has 138 valence electrons. The molecule has 0 aromatic heterocycles. The van der Waals surface area contributed by atoms with Crippen molar-refractivity contribution in [3.05, 3.63) is 35.1 Å². The molecule has 0 amide bonds. The third-order valence-corrected chi connectivity index (χ3v) is 4.80. The minimum absolute atomic E-state index is 0. The highest BCUT2D eigenvalue weighted by Gasteiger charge is 2.42. The molecule has 2 fully saturated rings. The summed E-state index contributed by atoms with van der Waals surface area (Å²) in [6.07, 6.45) is -1.75. The summed E-state index contributed by atoms with van der Waals surface area (Å²) in [5, 5.41) is 3.20. The molecule has 1 N–H and O–H groups in total. The Kier molecular flexibility index (Phi) is 7.78. The predicted molar refractivity (Wildman–Crippen MR) is 90.4 cm³/mol. The number of benzene rings is 1. The first-order valence-corrected chi connectivity index (χ1v) is 7.79. The van der Waals surface area contributed by atoms with Gasteiger partial charge in [-0.1, -0.05) is 12.5 Å². The number of hydrogen-bond donors (Lipinski definition) is 1. The van der Waals surface area contributed by atoms with E-state index in [1.165, 1.54) is 0 Å². The Balaban J connectivity index is 0.00000144. The minimum atomic E-state index is -4.52. The zero-order chi connectivity index (χ0) is 15.7. The van der Waals surface area contributed by atoms with Gasteiger partial charge in [0.15, 0.2) is 0 Å². The van der Waals surface area contributed by atoms with Crippen molar-refractivity contribution in [3.8, 4) is 0 Å². The number of rotatable bonds is 3. The molecule has 8 heteroatoms. The molecule has 3 rings (SSSR count). The molecule has 0 unspecified atom stereocenters. The lowest BCUT2D eigenvalue weighted by molar-refractivity contribution is -0.139. The molecule has 0 bridgehead atoms. The van der Waals surface area contributed by atoms with E-state index in [1.807, 2.05) is 4.90 Å². The van der Waals surface area contributed by atoms with Crippen LogP contribution in [0.5, 0.6) is 0 Å². The monoisotopic (exact) mass is 388 g/mol. The van der Waals surface area contributed by atoms with Gasteiger partial charge in [-0.15, -0.1) is 24.8 Å². The molecule has 1 aliphatic carbocycles. The third kappa shape index (κ3) is 4.34. The van der Waals surface area contributed by atoms with Crippen molar-refractivity contribution in [3.63, 3.8) is 0 Å². The van der Waals surface area contributed by atoms with Gasteiger partial charge in [-0.25, -0.2) is 4.39 Å². The van der Waals surface area contributed by atoms with Gasteiger partial charge < -0.3 is 5.32 Å². The van der Waals surface area contributed by atoms with Crippen LogP contribution in [0.3, 0.4) is 0 Å². The van der Waals surface area contributed by atoms with E-state index in [9.17, 15) is 17.6 Å². The largest absolute Gasteiger partial charge is 0.416 e. The highest BCUT2D eigenvalue weighted by atomic mass is 35.5. The van der Waals surface area contributed by atoms with E-state index in [1.54, 1.807) is 0 Å². The van der Waals surface area contributed by atoms with Gasteiger partial charge in [0.05, 0.1) is 5.56 Å². The topological polar surface area (TPSA) is 15.3 Å². The molecule has 2 aliphatic rings. The number of piperazine rings is 1. The van der Waals surface area contributed by atoms with Gasteiger partial charge in [-0.2, -0.15) is 13.2 Å². The van der Waals surface area contributed by atoms with E-state index in [-0.39, 0.29) is 36.3 Å². The maximum Gasteiger partial charge on any atom is 0.416 e. The summed E-state index contributed by atoms with van der Waals surface area (Å²) < 4.78 is 54.4. The molecule has 2 nitrogen and oxygen atoms in total. The van der Waals surface area contributed by atoms with Gasteiger partial charge in [-0.3, -0.25) is 4.90 Å². The zero-order valence-electron chi connectivity index (χ0n) is 13.1. The molecule has 1 atom stereocenters. The first kappa shape index (κ1) is 21.5.